The minimum absolute atomic E-state index is 0.0409. The van der Waals surface area contributed by atoms with Crippen molar-refractivity contribution in [2.75, 3.05) is 44.9 Å². The van der Waals surface area contributed by atoms with E-state index in [2.05, 4.69) is 9.69 Å². The molecule has 1 aromatic heterocycles. The van der Waals surface area contributed by atoms with Gasteiger partial charge in [0.1, 0.15) is 10.6 Å². The van der Waals surface area contributed by atoms with E-state index in [-0.39, 0.29) is 23.9 Å². The molecule has 0 spiro atoms. The summed E-state index contributed by atoms with van der Waals surface area (Å²) in [5.41, 5.74) is 4.66. The minimum Gasteiger partial charge on any atom is -0.386 e. The molecule has 4 N–H and O–H groups in total. The third kappa shape index (κ3) is 2.88. The van der Waals surface area contributed by atoms with Crippen molar-refractivity contribution in [3.8, 4) is 0 Å². The van der Waals surface area contributed by atoms with Gasteiger partial charge in [-0.05, 0) is 11.5 Å². The zero-order valence-electron chi connectivity index (χ0n) is 11.3. The van der Waals surface area contributed by atoms with E-state index in [1.165, 1.54) is 14.1 Å². The van der Waals surface area contributed by atoms with E-state index >= 15 is 0 Å². The van der Waals surface area contributed by atoms with Crippen molar-refractivity contribution in [2.24, 2.45) is 0 Å². The second-order valence-electron chi connectivity index (χ2n) is 4.89. The van der Waals surface area contributed by atoms with Gasteiger partial charge in [0.25, 0.3) is 0 Å². The van der Waals surface area contributed by atoms with Gasteiger partial charge in [0.15, 0.2) is 10.7 Å². The number of ether oxygens (including phenoxy) is 1. The van der Waals surface area contributed by atoms with Gasteiger partial charge in [0.05, 0.1) is 6.61 Å². The topological polar surface area (TPSA) is 118 Å². The quantitative estimate of drug-likeness (QED) is 0.671. The first-order chi connectivity index (χ1) is 9.26. The summed E-state index contributed by atoms with van der Waals surface area (Å²) in [7, 11) is -0.829. The van der Waals surface area contributed by atoms with Gasteiger partial charge >= 0.3 is 0 Å². The Labute approximate surface area is 121 Å². The third-order valence-electron chi connectivity index (χ3n) is 3.07. The summed E-state index contributed by atoms with van der Waals surface area (Å²) in [6.45, 7) is 0.903. The van der Waals surface area contributed by atoms with Crippen molar-refractivity contribution in [1.82, 2.24) is 8.68 Å². The SMILES string of the molecule is CN(C)S(=O)(=O)c1c(N)nsc1NCC1(O)CCOC1. The van der Waals surface area contributed by atoms with Crippen LogP contribution in [0.1, 0.15) is 6.42 Å². The Morgan fingerprint density at radius 1 is 1.60 bits per heavy atom. The highest BCUT2D eigenvalue weighted by Gasteiger charge is 2.34. The molecule has 1 atom stereocenters. The molecule has 10 heteroatoms. The Hall–Kier alpha value is -0.940. The van der Waals surface area contributed by atoms with E-state index in [0.29, 0.717) is 18.0 Å². The van der Waals surface area contributed by atoms with Gasteiger partial charge in [-0.25, -0.2) is 12.7 Å². The maximum Gasteiger partial charge on any atom is 0.249 e. The number of sulfonamides is 1. The van der Waals surface area contributed by atoms with Crippen molar-refractivity contribution in [2.45, 2.75) is 16.9 Å². The van der Waals surface area contributed by atoms with Gasteiger partial charge in [-0.3, -0.25) is 0 Å². The Morgan fingerprint density at radius 3 is 2.85 bits per heavy atom. The van der Waals surface area contributed by atoms with E-state index in [4.69, 9.17) is 10.5 Å². The average Bonchev–Trinajstić information content (AvgIpc) is 2.94. The monoisotopic (exact) mass is 322 g/mol. The largest absolute Gasteiger partial charge is 0.386 e. The minimum atomic E-state index is -3.68. The molecular weight excluding hydrogens is 304 g/mol. The normalized spacial score (nSPS) is 23.4. The first kappa shape index (κ1) is 15.4. The van der Waals surface area contributed by atoms with Crippen molar-refractivity contribution in [1.29, 1.82) is 0 Å². The van der Waals surface area contributed by atoms with Crippen LogP contribution in [0.15, 0.2) is 4.90 Å². The van der Waals surface area contributed by atoms with Crippen LogP contribution >= 0.6 is 11.5 Å². The molecule has 0 saturated carbocycles. The Balaban J connectivity index is 2.22. The highest BCUT2D eigenvalue weighted by molar-refractivity contribution is 7.89. The molecule has 0 amide bonds. The Kier molecular flexibility index (Phi) is 4.21. The summed E-state index contributed by atoms with van der Waals surface area (Å²) >= 11 is 0.959. The van der Waals surface area contributed by atoms with Gasteiger partial charge in [-0.1, -0.05) is 0 Å². The summed E-state index contributed by atoms with van der Waals surface area (Å²) in [5.74, 6) is -0.0409. The number of rotatable bonds is 5. The molecule has 1 unspecified atom stereocenters. The lowest BCUT2D eigenvalue weighted by molar-refractivity contribution is 0.0382. The number of hydrogen-bond donors (Lipinski definition) is 3. The number of aromatic nitrogens is 1. The van der Waals surface area contributed by atoms with Crippen molar-refractivity contribution < 1.29 is 18.3 Å². The smallest absolute Gasteiger partial charge is 0.249 e. The van der Waals surface area contributed by atoms with Crippen LogP contribution in [0.4, 0.5) is 10.8 Å². The molecule has 2 heterocycles. The fourth-order valence-corrected chi connectivity index (χ4v) is 3.89. The standard InChI is InChI=1S/C10H18N4O4S2/c1-14(2)20(16,17)7-8(11)13-19-9(7)12-5-10(15)3-4-18-6-10/h12,15H,3-6H2,1-2H3,(H2,11,13). The summed E-state index contributed by atoms with van der Waals surface area (Å²) in [4.78, 5) is -0.0463. The molecule has 1 aliphatic rings. The van der Waals surface area contributed by atoms with E-state index in [0.717, 1.165) is 15.8 Å². The molecule has 0 bridgehead atoms. The van der Waals surface area contributed by atoms with Crippen molar-refractivity contribution in [3.63, 3.8) is 0 Å². The van der Waals surface area contributed by atoms with Crippen LogP contribution in [0, 0.1) is 0 Å². The number of nitrogens with two attached hydrogens (primary N) is 1. The van der Waals surface area contributed by atoms with Gasteiger partial charge in [-0.2, -0.15) is 4.37 Å². The van der Waals surface area contributed by atoms with Crippen LogP contribution in [-0.4, -0.2) is 61.7 Å². The van der Waals surface area contributed by atoms with Crippen LogP contribution in [0.25, 0.3) is 0 Å². The molecule has 0 radical (unpaired) electrons. The zero-order chi connectivity index (χ0) is 15.0. The highest BCUT2D eigenvalue weighted by Crippen LogP contribution is 2.33. The fourth-order valence-electron chi connectivity index (χ4n) is 1.82. The van der Waals surface area contributed by atoms with E-state index in [9.17, 15) is 13.5 Å². The lowest BCUT2D eigenvalue weighted by Gasteiger charge is -2.21. The summed E-state index contributed by atoms with van der Waals surface area (Å²) in [6, 6.07) is 0. The molecule has 1 aliphatic heterocycles. The fraction of sp³-hybridized carbons (Fsp3) is 0.700. The van der Waals surface area contributed by atoms with Crippen molar-refractivity contribution >= 4 is 32.4 Å². The first-order valence-corrected chi connectivity index (χ1v) is 8.19. The van der Waals surface area contributed by atoms with Gasteiger partial charge in [0, 0.05) is 33.7 Å². The Bertz CT molecular complexity index is 578. The predicted octanol–water partition coefficient (Wildman–Crippen LogP) is -0.461. The average molecular weight is 322 g/mol. The van der Waals surface area contributed by atoms with Gasteiger partial charge in [-0.15, -0.1) is 0 Å². The second kappa shape index (κ2) is 5.45. The summed E-state index contributed by atoms with van der Waals surface area (Å²) < 4.78 is 34.5. The molecule has 0 aromatic carbocycles. The summed E-state index contributed by atoms with van der Waals surface area (Å²) in [6.07, 6.45) is 0.504. The zero-order valence-corrected chi connectivity index (χ0v) is 12.9. The van der Waals surface area contributed by atoms with Crippen molar-refractivity contribution in [3.05, 3.63) is 0 Å². The van der Waals surface area contributed by atoms with Crippen LogP contribution in [0.3, 0.4) is 0 Å². The molecule has 0 aliphatic carbocycles. The first-order valence-electron chi connectivity index (χ1n) is 5.98. The third-order valence-corrected chi connectivity index (χ3v) is 5.91. The van der Waals surface area contributed by atoms with E-state index in [1.54, 1.807) is 0 Å². The van der Waals surface area contributed by atoms with Gasteiger partial charge in [0.2, 0.25) is 10.0 Å². The number of hydrogen-bond acceptors (Lipinski definition) is 8. The maximum atomic E-state index is 12.2. The van der Waals surface area contributed by atoms with E-state index < -0.39 is 15.6 Å². The molecule has 114 valence electrons. The summed E-state index contributed by atoms with van der Waals surface area (Å²) in [5, 5.41) is 13.4. The number of aliphatic hydroxyl groups is 1. The molecule has 1 aromatic rings. The number of anilines is 2. The van der Waals surface area contributed by atoms with Crippen LogP contribution in [-0.2, 0) is 14.8 Å². The predicted molar refractivity (Wildman–Crippen MR) is 76.3 cm³/mol. The van der Waals surface area contributed by atoms with Gasteiger partial charge < -0.3 is 20.9 Å². The lowest BCUT2D eigenvalue weighted by Crippen LogP contribution is -2.37. The molecule has 1 fully saturated rings. The molecule has 1 saturated heterocycles. The van der Waals surface area contributed by atoms with Crippen LogP contribution < -0.4 is 11.1 Å². The number of nitrogen functional groups attached to an aromatic ring is 1. The number of nitrogens with one attached hydrogen (secondary N) is 1. The lowest BCUT2D eigenvalue weighted by atomic mass is 10.0. The van der Waals surface area contributed by atoms with E-state index in [1.807, 2.05) is 0 Å². The molecule has 8 nitrogen and oxygen atoms in total. The van der Waals surface area contributed by atoms with Crippen LogP contribution in [0.2, 0.25) is 0 Å². The molecule has 20 heavy (non-hydrogen) atoms. The molecule has 2 rings (SSSR count). The Morgan fingerprint density at radius 2 is 2.30 bits per heavy atom. The van der Waals surface area contributed by atoms with Crippen LogP contribution in [0.5, 0.6) is 0 Å². The molecular formula is C10H18N4O4S2. The number of nitrogens with zero attached hydrogens (tertiary/aromatic N) is 2. The maximum absolute atomic E-state index is 12.2. The highest BCUT2D eigenvalue weighted by atomic mass is 32.2. The second-order valence-corrected chi connectivity index (χ2v) is 7.76.